The summed E-state index contributed by atoms with van der Waals surface area (Å²) in [5.41, 5.74) is 6.44. The zero-order valence-corrected chi connectivity index (χ0v) is 16.0. The van der Waals surface area contributed by atoms with E-state index in [1.165, 1.54) is 28.1 Å². The number of nitrogens with zero attached hydrogens (tertiary/aromatic N) is 2. The van der Waals surface area contributed by atoms with Crippen molar-refractivity contribution in [3.8, 4) is 0 Å². The maximum Gasteiger partial charge on any atom is 0.164 e. The van der Waals surface area contributed by atoms with Crippen LogP contribution in [0.1, 0.15) is 56.2 Å². The molecule has 0 fully saturated rings. The Kier molecular flexibility index (Phi) is 4.89. The zero-order chi connectivity index (χ0) is 18.1. The van der Waals surface area contributed by atoms with Gasteiger partial charge in [0.15, 0.2) is 6.17 Å². The van der Waals surface area contributed by atoms with Crippen LogP contribution >= 0.6 is 0 Å². The summed E-state index contributed by atoms with van der Waals surface area (Å²) in [5, 5.41) is 0. The molecule has 2 aromatic carbocycles. The van der Waals surface area contributed by atoms with E-state index < -0.39 is 0 Å². The molecule has 0 saturated heterocycles. The average Bonchev–Trinajstić information content (AvgIpc) is 2.95. The van der Waals surface area contributed by atoms with Crippen LogP contribution < -0.4 is 9.80 Å². The van der Waals surface area contributed by atoms with E-state index in [2.05, 4.69) is 106 Å². The summed E-state index contributed by atoms with van der Waals surface area (Å²) in [5.74, 6) is 0.921. The molecule has 1 heterocycles. The van der Waals surface area contributed by atoms with Crippen molar-refractivity contribution in [1.29, 1.82) is 0 Å². The Balaban J connectivity index is 2.05. The Hall–Kier alpha value is -2.22. The van der Waals surface area contributed by atoms with Crippen LogP contribution in [0.15, 0.2) is 54.9 Å². The molecule has 0 bridgehead atoms. The molecule has 2 heteroatoms. The van der Waals surface area contributed by atoms with E-state index in [-0.39, 0.29) is 0 Å². The maximum atomic E-state index is 4.40. The van der Waals surface area contributed by atoms with Crippen molar-refractivity contribution in [3.63, 3.8) is 0 Å². The molecule has 0 atom stereocenters. The summed E-state index contributed by atoms with van der Waals surface area (Å²) in [4.78, 5) is 4.42. The Morgan fingerprint density at radius 1 is 0.760 bits per heavy atom. The van der Waals surface area contributed by atoms with Gasteiger partial charge in [0.2, 0.25) is 0 Å². The first-order chi connectivity index (χ1) is 11.9. The fourth-order valence-electron chi connectivity index (χ4n) is 3.47. The Bertz CT molecular complexity index is 747. The molecule has 0 aliphatic carbocycles. The van der Waals surface area contributed by atoms with Crippen molar-refractivity contribution in [2.75, 3.05) is 9.80 Å². The lowest BCUT2D eigenvalue weighted by atomic mass is 9.92. The quantitative estimate of drug-likeness (QED) is 0.642. The minimum atomic E-state index is 0.461. The second-order valence-corrected chi connectivity index (χ2v) is 7.34. The standard InChI is InChI=1S/C23H28N2/c1-16(2)20-11-9-12-21(17(3)4)23(20)25-15-14-24(19(25)6)22-13-8-7-10-18(22)5/h7-17H,6H2,1-5H3. The molecule has 3 rings (SSSR count). The van der Waals surface area contributed by atoms with E-state index in [0.717, 1.165) is 6.17 Å². The van der Waals surface area contributed by atoms with E-state index in [1.54, 1.807) is 0 Å². The summed E-state index contributed by atoms with van der Waals surface area (Å²) in [6.07, 6.45) is 5.23. The molecule has 0 aromatic heterocycles. The van der Waals surface area contributed by atoms with Crippen molar-refractivity contribution in [3.05, 3.63) is 84.6 Å². The number of hydrogen-bond acceptors (Lipinski definition) is 2. The topological polar surface area (TPSA) is 6.48 Å². The van der Waals surface area contributed by atoms with Gasteiger partial charge in [-0.05, 0) is 48.4 Å². The minimum absolute atomic E-state index is 0.461. The fraction of sp³-hybridized carbons (Fsp3) is 0.304. The van der Waals surface area contributed by atoms with Gasteiger partial charge in [-0.3, -0.25) is 0 Å². The average molecular weight is 332 g/mol. The first kappa shape index (κ1) is 17.6. The molecule has 0 spiro atoms. The number of hydrogen-bond donors (Lipinski definition) is 0. The Morgan fingerprint density at radius 3 is 1.88 bits per heavy atom. The largest absolute Gasteiger partial charge is 0.319 e. The van der Waals surface area contributed by atoms with E-state index in [9.17, 15) is 0 Å². The van der Waals surface area contributed by atoms with Gasteiger partial charge >= 0.3 is 0 Å². The SMILES string of the molecule is [CH2][C]1N(c2ccccc2C)C=CN1c1c(C(C)C)cccc1C(C)C. The van der Waals surface area contributed by atoms with Gasteiger partial charge in [0.25, 0.3) is 0 Å². The molecule has 1 aliphatic heterocycles. The smallest absolute Gasteiger partial charge is 0.164 e. The third kappa shape index (κ3) is 3.18. The minimum Gasteiger partial charge on any atom is -0.319 e. The first-order valence-electron chi connectivity index (χ1n) is 9.06. The molecule has 1 aliphatic rings. The van der Waals surface area contributed by atoms with Gasteiger partial charge in [0.05, 0.1) is 0 Å². The lowest BCUT2D eigenvalue weighted by molar-refractivity contribution is 0.819. The van der Waals surface area contributed by atoms with Crippen LogP contribution in [0.5, 0.6) is 0 Å². The highest BCUT2D eigenvalue weighted by molar-refractivity contribution is 5.73. The van der Waals surface area contributed by atoms with E-state index in [1.807, 2.05) is 0 Å². The van der Waals surface area contributed by atoms with Crippen molar-refractivity contribution in [1.82, 2.24) is 0 Å². The number of benzene rings is 2. The van der Waals surface area contributed by atoms with Crippen molar-refractivity contribution >= 4 is 11.4 Å². The predicted octanol–water partition coefficient (Wildman–Crippen LogP) is 6.36. The lowest BCUT2D eigenvalue weighted by Gasteiger charge is -2.33. The highest BCUT2D eigenvalue weighted by Crippen LogP contribution is 2.41. The third-order valence-electron chi connectivity index (χ3n) is 4.88. The molecule has 0 saturated carbocycles. The molecule has 0 N–H and O–H groups in total. The summed E-state index contributed by atoms with van der Waals surface area (Å²) >= 11 is 0. The molecule has 0 unspecified atom stereocenters. The van der Waals surface area contributed by atoms with Crippen molar-refractivity contribution in [2.24, 2.45) is 0 Å². The molecule has 130 valence electrons. The lowest BCUT2D eigenvalue weighted by Crippen LogP contribution is -2.30. The zero-order valence-electron chi connectivity index (χ0n) is 16.0. The van der Waals surface area contributed by atoms with Gasteiger partial charge in [-0.25, -0.2) is 0 Å². The Labute approximate surface area is 152 Å². The number of aryl methyl sites for hydroxylation is 1. The summed E-state index contributed by atoms with van der Waals surface area (Å²) in [6, 6.07) is 15.1. The molecule has 2 nitrogen and oxygen atoms in total. The molecule has 25 heavy (non-hydrogen) atoms. The number of rotatable bonds is 4. The summed E-state index contributed by atoms with van der Waals surface area (Å²) in [6.45, 7) is 15.6. The van der Waals surface area contributed by atoms with E-state index in [4.69, 9.17) is 0 Å². The predicted molar refractivity (Wildman–Crippen MR) is 108 cm³/mol. The highest BCUT2D eigenvalue weighted by atomic mass is 15.4. The second kappa shape index (κ2) is 6.95. The van der Waals surface area contributed by atoms with Crippen LogP contribution in [0, 0.1) is 20.0 Å². The molecule has 2 aromatic rings. The number of para-hydroxylation sites is 2. The molecular formula is C23H28N2. The van der Waals surface area contributed by atoms with Crippen LogP contribution in [-0.2, 0) is 0 Å². The van der Waals surface area contributed by atoms with Crippen LogP contribution in [0.25, 0.3) is 0 Å². The Morgan fingerprint density at radius 2 is 1.32 bits per heavy atom. The van der Waals surface area contributed by atoms with Gasteiger partial charge < -0.3 is 9.80 Å². The highest BCUT2D eigenvalue weighted by Gasteiger charge is 2.30. The number of anilines is 2. The first-order valence-corrected chi connectivity index (χ1v) is 9.06. The molecular weight excluding hydrogens is 304 g/mol. The van der Waals surface area contributed by atoms with Gasteiger partial charge in [-0.1, -0.05) is 64.1 Å². The van der Waals surface area contributed by atoms with Crippen LogP contribution in [-0.4, -0.2) is 0 Å². The van der Waals surface area contributed by atoms with Crippen molar-refractivity contribution in [2.45, 2.75) is 46.5 Å². The maximum absolute atomic E-state index is 4.40. The molecule has 0 amide bonds. The van der Waals surface area contributed by atoms with Crippen LogP contribution in [0.4, 0.5) is 11.4 Å². The van der Waals surface area contributed by atoms with Gasteiger partial charge in [-0.2, -0.15) is 0 Å². The third-order valence-corrected chi connectivity index (χ3v) is 4.88. The summed E-state index contributed by atoms with van der Waals surface area (Å²) < 4.78 is 0. The normalized spacial score (nSPS) is 15.0. The van der Waals surface area contributed by atoms with Gasteiger partial charge in [-0.15, -0.1) is 0 Å². The monoisotopic (exact) mass is 332 g/mol. The van der Waals surface area contributed by atoms with Gasteiger partial charge in [0, 0.05) is 23.8 Å². The fourth-order valence-corrected chi connectivity index (χ4v) is 3.47. The summed E-state index contributed by atoms with van der Waals surface area (Å²) in [7, 11) is 0. The van der Waals surface area contributed by atoms with E-state index >= 15 is 0 Å². The second-order valence-electron chi connectivity index (χ2n) is 7.34. The van der Waals surface area contributed by atoms with Gasteiger partial charge in [0.1, 0.15) is 0 Å². The van der Waals surface area contributed by atoms with Crippen LogP contribution in [0.2, 0.25) is 0 Å². The van der Waals surface area contributed by atoms with Crippen molar-refractivity contribution < 1.29 is 0 Å². The molecule has 2 radical (unpaired) electrons. The van der Waals surface area contributed by atoms with Crippen LogP contribution in [0.3, 0.4) is 0 Å². The van der Waals surface area contributed by atoms with E-state index in [0.29, 0.717) is 11.8 Å².